The monoisotopic (exact) mass is 435 g/mol. The SMILES string of the molecule is CC1CC(C)CC2(C1)OCC(C(=O)O)N2C(=O)OCC1c2ccccc2-c2ccccc21. The predicted octanol–water partition coefficient (Wildman–Crippen LogP) is 4.87. The Balaban J connectivity index is 1.41. The van der Waals surface area contributed by atoms with Gasteiger partial charge in [0.15, 0.2) is 6.04 Å². The molecule has 6 nitrogen and oxygen atoms in total. The first-order chi connectivity index (χ1) is 15.4. The first kappa shape index (κ1) is 21.0. The molecule has 2 aromatic carbocycles. The molecule has 6 heteroatoms. The van der Waals surface area contributed by atoms with E-state index in [2.05, 4.69) is 38.1 Å². The van der Waals surface area contributed by atoms with Gasteiger partial charge in [0.1, 0.15) is 12.3 Å². The topological polar surface area (TPSA) is 76.1 Å². The Morgan fingerprint density at radius 3 is 2.16 bits per heavy atom. The lowest BCUT2D eigenvalue weighted by molar-refractivity contribution is -0.146. The van der Waals surface area contributed by atoms with Crippen LogP contribution in [0.5, 0.6) is 0 Å². The molecule has 2 aromatic rings. The lowest BCUT2D eigenvalue weighted by atomic mass is 9.77. The van der Waals surface area contributed by atoms with Gasteiger partial charge >= 0.3 is 12.1 Å². The molecule has 3 atom stereocenters. The van der Waals surface area contributed by atoms with Crippen molar-refractivity contribution < 1.29 is 24.2 Å². The molecule has 1 aliphatic heterocycles. The van der Waals surface area contributed by atoms with E-state index in [-0.39, 0.29) is 19.1 Å². The van der Waals surface area contributed by atoms with Gasteiger partial charge in [-0.05, 0) is 53.4 Å². The van der Waals surface area contributed by atoms with Gasteiger partial charge in [0.25, 0.3) is 0 Å². The third-order valence-corrected chi connectivity index (χ3v) is 7.22. The van der Waals surface area contributed by atoms with Crippen LogP contribution in [-0.4, -0.2) is 47.0 Å². The summed E-state index contributed by atoms with van der Waals surface area (Å²) >= 11 is 0. The average molecular weight is 436 g/mol. The van der Waals surface area contributed by atoms with Crippen LogP contribution in [0.4, 0.5) is 4.79 Å². The first-order valence-corrected chi connectivity index (χ1v) is 11.4. The molecule has 3 unspecified atom stereocenters. The van der Waals surface area contributed by atoms with Gasteiger partial charge in [0.2, 0.25) is 0 Å². The molecule has 1 saturated heterocycles. The van der Waals surface area contributed by atoms with Gasteiger partial charge in [-0.3, -0.25) is 4.90 Å². The molecule has 0 bridgehead atoms. The van der Waals surface area contributed by atoms with Gasteiger partial charge in [0, 0.05) is 5.92 Å². The van der Waals surface area contributed by atoms with Crippen molar-refractivity contribution in [3.8, 4) is 11.1 Å². The molecule has 32 heavy (non-hydrogen) atoms. The molecule has 168 valence electrons. The Morgan fingerprint density at radius 2 is 1.59 bits per heavy atom. The number of hydrogen-bond acceptors (Lipinski definition) is 4. The summed E-state index contributed by atoms with van der Waals surface area (Å²) in [6.45, 7) is 4.42. The van der Waals surface area contributed by atoms with E-state index in [0.717, 1.165) is 28.7 Å². The summed E-state index contributed by atoms with van der Waals surface area (Å²) in [5.41, 5.74) is 3.67. The van der Waals surface area contributed by atoms with Crippen molar-refractivity contribution in [1.29, 1.82) is 0 Å². The lowest BCUT2D eigenvalue weighted by Crippen LogP contribution is -2.56. The van der Waals surface area contributed by atoms with Gasteiger partial charge in [0.05, 0.1) is 6.61 Å². The molecule has 0 radical (unpaired) electrons. The Bertz CT molecular complexity index is 995. The van der Waals surface area contributed by atoms with Gasteiger partial charge < -0.3 is 14.6 Å². The van der Waals surface area contributed by atoms with E-state index in [1.54, 1.807) is 0 Å². The third-order valence-electron chi connectivity index (χ3n) is 7.22. The number of rotatable bonds is 3. The Kier molecular flexibility index (Phi) is 5.20. The summed E-state index contributed by atoms with van der Waals surface area (Å²) in [6, 6.07) is 15.3. The molecule has 1 amide bonds. The highest BCUT2D eigenvalue weighted by atomic mass is 16.6. The van der Waals surface area contributed by atoms with Crippen LogP contribution in [0.2, 0.25) is 0 Å². The van der Waals surface area contributed by atoms with E-state index in [0.29, 0.717) is 24.7 Å². The highest BCUT2D eigenvalue weighted by molar-refractivity contribution is 5.82. The third kappa shape index (κ3) is 3.37. The Hall–Kier alpha value is -2.86. The number of carboxylic acid groups (broad SMARTS) is 1. The summed E-state index contributed by atoms with van der Waals surface area (Å²) in [5, 5.41) is 9.79. The number of carbonyl (C=O) groups excluding carboxylic acids is 1. The van der Waals surface area contributed by atoms with Gasteiger partial charge in [-0.15, -0.1) is 0 Å². The molecule has 2 fully saturated rings. The second kappa shape index (κ2) is 7.93. The number of aliphatic carboxylic acids is 1. The van der Waals surface area contributed by atoms with E-state index in [1.807, 2.05) is 24.3 Å². The smallest absolute Gasteiger partial charge is 0.412 e. The number of fused-ring (bicyclic) bond motifs is 3. The van der Waals surface area contributed by atoms with Crippen molar-refractivity contribution >= 4 is 12.1 Å². The van der Waals surface area contributed by atoms with Crippen LogP contribution in [0.1, 0.15) is 50.2 Å². The lowest BCUT2D eigenvalue weighted by Gasteiger charge is -2.44. The number of carbonyl (C=O) groups is 2. The maximum atomic E-state index is 13.4. The zero-order valence-corrected chi connectivity index (χ0v) is 18.5. The molecule has 3 aliphatic rings. The molecule has 1 saturated carbocycles. The fraction of sp³-hybridized carbons (Fsp3) is 0.462. The standard InChI is InChI=1S/C26H29NO5/c1-16-11-17(2)13-26(12-16)27(23(15-32-26)24(28)29)25(30)31-14-22-20-9-5-3-7-18(20)19-8-4-6-10-21(19)22/h3-10,16-17,22-23H,11-15H2,1-2H3,(H,28,29). The van der Waals surface area contributed by atoms with Crippen molar-refractivity contribution in [2.75, 3.05) is 13.2 Å². The minimum absolute atomic E-state index is 0.00102. The summed E-state index contributed by atoms with van der Waals surface area (Å²) in [6.07, 6.45) is 1.70. The van der Waals surface area contributed by atoms with Crippen LogP contribution >= 0.6 is 0 Å². The van der Waals surface area contributed by atoms with E-state index >= 15 is 0 Å². The average Bonchev–Trinajstić information content (AvgIpc) is 3.27. The summed E-state index contributed by atoms with van der Waals surface area (Å²) < 4.78 is 11.9. The highest BCUT2D eigenvalue weighted by Crippen LogP contribution is 2.47. The number of carboxylic acids is 1. The fourth-order valence-electron chi connectivity index (χ4n) is 6.14. The van der Waals surface area contributed by atoms with E-state index in [1.165, 1.54) is 4.90 Å². The zero-order chi connectivity index (χ0) is 22.5. The van der Waals surface area contributed by atoms with Gasteiger partial charge in [-0.1, -0.05) is 62.4 Å². The Labute approximate surface area is 188 Å². The van der Waals surface area contributed by atoms with E-state index < -0.39 is 23.8 Å². The molecule has 1 heterocycles. The summed E-state index contributed by atoms with van der Waals surface area (Å²) in [4.78, 5) is 26.7. The maximum absolute atomic E-state index is 13.4. The van der Waals surface area contributed by atoms with Gasteiger partial charge in [-0.2, -0.15) is 0 Å². The molecule has 1 N–H and O–H groups in total. The normalized spacial score (nSPS) is 29.1. The van der Waals surface area contributed by atoms with Crippen LogP contribution in [0.3, 0.4) is 0 Å². The number of amides is 1. The van der Waals surface area contributed by atoms with Crippen molar-refractivity contribution in [2.24, 2.45) is 11.8 Å². The quantitative estimate of drug-likeness (QED) is 0.744. The maximum Gasteiger partial charge on any atom is 0.412 e. The molecule has 2 aliphatic carbocycles. The van der Waals surface area contributed by atoms with Crippen LogP contribution in [0.25, 0.3) is 11.1 Å². The summed E-state index contributed by atoms with van der Waals surface area (Å²) in [5.74, 6) is -0.440. The number of ether oxygens (including phenoxy) is 2. The van der Waals surface area contributed by atoms with Crippen molar-refractivity contribution in [3.05, 3.63) is 59.7 Å². The summed E-state index contributed by atoms with van der Waals surface area (Å²) in [7, 11) is 0. The molecule has 1 spiro atoms. The second-order valence-corrected chi connectivity index (χ2v) is 9.64. The number of hydrogen-bond donors (Lipinski definition) is 1. The van der Waals surface area contributed by atoms with Crippen LogP contribution in [-0.2, 0) is 14.3 Å². The first-order valence-electron chi connectivity index (χ1n) is 11.4. The van der Waals surface area contributed by atoms with E-state index in [9.17, 15) is 14.7 Å². The number of nitrogens with zero attached hydrogens (tertiary/aromatic N) is 1. The zero-order valence-electron chi connectivity index (χ0n) is 18.5. The molecule has 5 rings (SSSR count). The number of benzene rings is 2. The minimum atomic E-state index is -1.05. The van der Waals surface area contributed by atoms with Crippen molar-refractivity contribution in [3.63, 3.8) is 0 Å². The Morgan fingerprint density at radius 1 is 1.03 bits per heavy atom. The largest absolute Gasteiger partial charge is 0.480 e. The van der Waals surface area contributed by atoms with Crippen LogP contribution < -0.4 is 0 Å². The van der Waals surface area contributed by atoms with Crippen LogP contribution in [0.15, 0.2) is 48.5 Å². The second-order valence-electron chi connectivity index (χ2n) is 9.64. The van der Waals surface area contributed by atoms with Crippen molar-refractivity contribution in [1.82, 2.24) is 4.90 Å². The predicted molar refractivity (Wildman–Crippen MR) is 119 cm³/mol. The fourth-order valence-corrected chi connectivity index (χ4v) is 6.14. The van der Waals surface area contributed by atoms with E-state index in [4.69, 9.17) is 9.47 Å². The molecular formula is C26H29NO5. The highest BCUT2D eigenvalue weighted by Gasteiger charge is 2.56. The van der Waals surface area contributed by atoms with Crippen LogP contribution in [0, 0.1) is 11.8 Å². The van der Waals surface area contributed by atoms with Crippen molar-refractivity contribution in [2.45, 2.75) is 50.8 Å². The minimum Gasteiger partial charge on any atom is -0.480 e. The molecular weight excluding hydrogens is 406 g/mol. The van der Waals surface area contributed by atoms with Gasteiger partial charge in [-0.25, -0.2) is 9.59 Å². The molecule has 0 aromatic heterocycles.